The molecule has 19 heavy (non-hydrogen) atoms. The van der Waals surface area contributed by atoms with Crippen LogP contribution in [-0.4, -0.2) is 36.6 Å². The smallest absolute Gasteiger partial charge is 0.0119 e. The Balaban J connectivity index is 1.89. The molecule has 2 fully saturated rings. The Labute approximate surface area is 120 Å². The van der Waals surface area contributed by atoms with Crippen molar-refractivity contribution in [3.05, 3.63) is 0 Å². The van der Waals surface area contributed by atoms with E-state index in [1.54, 1.807) is 0 Å². The first kappa shape index (κ1) is 15.3. The molecule has 2 aliphatic rings. The van der Waals surface area contributed by atoms with Gasteiger partial charge >= 0.3 is 0 Å². The molecule has 112 valence electrons. The lowest BCUT2D eigenvalue weighted by Crippen LogP contribution is -2.53. The van der Waals surface area contributed by atoms with Crippen LogP contribution in [-0.2, 0) is 0 Å². The maximum absolute atomic E-state index is 3.70. The van der Waals surface area contributed by atoms with Gasteiger partial charge in [0, 0.05) is 18.6 Å². The Hall–Kier alpha value is -0.0800. The molecular formula is C17H34N2. The summed E-state index contributed by atoms with van der Waals surface area (Å²) in [5, 5.41) is 3.70. The standard InChI is InChI=1S/C17H34N2/c1-5-15-12-19(10-9-17(15)18-6-2)16-8-7-13(3)14(4)11-16/h13-18H,5-12H2,1-4H3. The highest BCUT2D eigenvalue weighted by Crippen LogP contribution is 2.34. The van der Waals surface area contributed by atoms with E-state index in [-0.39, 0.29) is 0 Å². The predicted octanol–water partition coefficient (Wildman–Crippen LogP) is 3.52. The third kappa shape index (κ3) is 3.72. The van der Waals surface area contributed by atoms with E-state index in [9.17, 15) is 0 Å². The minimum Gasteiger partial charge on any atom is -0.314 e. The zero-order valence-electron chi connectivity index (χ0n) is 13.5. The van der Waals surface area contributed by atoms with Crippen LogP contribution in [0.4, 0.5) is 0 Å². The van der Waals surface area contributed by atoms with Crippen molar-refractivity contribution in [3.63, 3.8) is 0 Å². The highest BCUT2D eigenvalue weighted by atomic mass is 15.2. The van der Waals surface area contributed by atoms with Crippen molar-refractivity contribution in [1.82, 2.24) is 10.2 Å². The maximum atomic E-state index is 3.70. The van der Waals surface area contributed by atoms with Crippen LogP contribution in [0.1, 0.15) is 59.8 Å². The Bertz CT molecular complexity index is 266. The Kier molecular flexibility index (Phi) is 5.70. The average Bonchev–Trinajstić information content (AvgIpc) is 2.42. The molecule has 5 atom stereocenters. The largest absolute Gasteiger partial charge is 0.314 e. The summed E-state index contributed by atoms with van der Waals surface area (Å²) in [7, 11) is 0. The minimum absolute atomic E-state index is 0.770. The summed E-state index contributed by atoms with van der Waals surface area (Å²) in [6, 6.07) is 1.65. The number of nitrogens with zero attached hydrogens (tertiary/aromatic N) is 1. The Morgan fingerprint density at radius 1 is 1.05 bits per heavy atom. The minimum atomic E-state index is 0.770. The zero-order chi connectivity index (χ0) is 13.8. The van der Waals surface area contributed by atoms with Crippen molar-refractivity contribution >= 4 is 0 Å². The second-order valence-electron chi connectivity index (χ2n) is 7.04. The van der Waals surface area contributed by atoms with Gasteiger partial charge in [0.1, 0.15) is 0 Å². The van der Waals surface area contributed by atoms with Crippen LogP contribution in [0, 0.1) is 17.8 Å². The van der Waals surface area contributed by atoms with Crippen LogP contribution in [0.2, 0.25) is 0 Å². The first-order valence-corrected chi connectivity index (χ1v) is 8.63. The molecule has 2 nitrogen and oxygen atoms in total. The SMILES string of the molecule is CCNC1CCN(C2CCC(C)C(C)C2)CC1CC. The molecule has 1 aliphatic heterocycles. The molecule has 0 amide bonds. The van der Waals surface area contributed by atoms with E-state index in [0.29, 0.717) is 0 Å². The van der Waals surface area contributed by atoms with Crippen LogP contribution in [0.15, 0.2) is 0 Å². The first-order valence-electron chi connectivity index (χ1n) is 8.63. The van der Waals surface area contributed by atoms with E-state index in [4.69, 9.17) is 0 Å². The molecule has 1 aliphatic carbocycles. The average molecular weight is 266 g/mol. The summed E-state index contributed by atoms with van der Waals surface area (Å²) in [5.74, 6) is 2.73. The van der Waals surface area contributed by atoms with Gasteiger partial charge in [0.15, 0.2) is 0 Å². The van der Waals surface area contributed by atoms with Gasteiger partial charge in [-0.05, 0) is 56.5 Å². The Morgan fingerprint density at radius 3 is 2.47 bits per heavy atom. The van der Waals surface area contributed by atoms with Gasteiger partial charge in [0.05, 0.1) is 0 Å². The van der Waals surface area contributed by atoms with Gasteiger partial charge in [-0.2, -0.15) is 0 Å². The third-order valence-corrected chi connectivity index (χ3v) is 5.84. The topological polar surface area (TPSA) is 15.3 Å². The molecule has 0 aromatic carbocycles. The first-order chi connectivity index (χ1) is 9.15. The molecule has 0 aromatic rings. The molecule has 0 aromatic heterocycles. The lowest BCUT2D eigenvalue weighted by Gasteiger charge is -2.45. The van der Waals surface area contributed by atoms with Crippen molar-refractivity contribution in [1.29, 1.82) is 0 Å². The molecular weight excluding hydrogens is 232 g/mol. The van der Waals surface area contributed by atoms with E-state index >= 15 is 0 Å². The molecule has 0 bridgehead atoms. The van der Waals surface area contributed by atoms with Crippen LogP contribution in [0.5, 0.6) is 0 Å². The van der Waals surface area contributed by atoms with Crippen LogP contribution >= 0.6 is 0 Å². The number of hydrogen-bond donors (Lipinski definition) is 1. The zero-order valence-corrected chi connectivity index (χ0v) is 13.5. The summed E-state index contributed by atoms with van der Waals surface area (Å²) in [6.45, 7) is 13.3. The van der Waals surface area contributed by atoms with E-state index in [2.05, 4.69) is 37.9 Å². The molecule has 5 unspecified atom stereocenters. The second-order valence-corrected chi connectivity index (χ2v) is 7.04. The summed E-state index contributed by atoms with van der Waals surface area (Å²) in [4.78, 5) is 2.82. The molecule has 1 heterocycles. The van der Waals surface area contributed by atoms with Gasteiger partial charge in [0.25, 0.3) is 0 Å². The summed E-state index contributed by atoms with van der Waals surface area (Å²) >= 11 is 0. The van der Waals surface area contributed by atoms with Crippen LogP contribution < -0.4 is 5.32 Å². The van der Waals surface area contributed by atoms with E-state index in [0.717, 1.165) is 36.4 Å². The summed E-state index contributed by atoms with van der Waals surface area (Å²) < 4.78 is 0. The molecule has 0 radical (unpaired) electrons. The number of hydrogen-bond acceptors (Lipinski definition) is 2. The van der Waals surface area contributed by atoms with Crippen LogP contribution in [0.3, 0.4) is 0 Å². The number of nitrogens with one attached hydrogen (secondary N) is 1. The normalized spacial score (nSPS) is 41.4. The Morgan fingerprint density at radius 2 is 1.84 bits per heavy atom. The van der Waals surface area contributed by atoms with Gasteiger partial charge in [0.2, 0.25) is 0 Å². The lowest BCUT2D eigenvalue weighted by atomic mass is 9.77. The van der Waals surface area contributed by atoms with Gasteiger partial charge in [-0.15, -0.1) is 0 Å². The van der Waals surface area contributed by atoms with Gasteiger partial charge in [-0.1, -0.05) is 34.1 Å². The fraction of sp³-hybridized carbons (Fsp3) is 1.00. The van der Waals surface area contributed by atoms with Crippen LogP contribution in [0.25, 0.3) is 0 Å². The van der Waals surface area contributed by atoms with Gasteiger partial charge in [-0.25, -0.2) is 0 Å². The fourth-order valence-corrected chi connectivity index (χ4v) is 4.19. The molecule has 2 rings (SSSR count). The van der Waals surface area contributed by atoms with Gasteiger partial charge < -0.3 is 5.32 Å². The van der Waals surface area contributed by atoms with Gasteiger partial charge in [-0.3, -0.25) is 4.90 Å². The van der Waals surface area contributed by atoms with Crippen molar-refractivity contribution in [3.8, 4) is 0 Å². The molecule has 1 N–H and O–H groups in total. The molecule has 1 saturated heterocycles. The third-order valence-electron chi connectivity index (χ3n) is 5.84. The quantitative estimate of drug-likeness (QED) is 0.837. The highest BCUT2D eigenvalue weighted by molar-refractivity contribution is 4.89. The number of likely N-dealkylation sites (tertiary alicyclic amines) is 1. The lowest BCUT2D eigenvalue weighted by molar-refractivity contribution is 0.0536. The van der Waals surface area contributed by atoms with Crippen molar-refractivity contribution in [2.45, 2.75) is 71.9 Å². The number of piperidine rings is 1. The van der Waals surface area contributed by atoms with E-state index in [1.807, 2.05) is 0 Å². The summed E-state index contributed by atoms with van der Waals surface area (Å²) in [5.41, 5.74) is 0. The maximum Gasteiger partial charge on any atom is 0.0119 e. The van der Waals surface area contributed by atoms with Crippen molar-refractivity contribution in [2.75, 3.05) is 19.6 Å². The predicted molar refractivity (Wildman–Crippen MR) is 83.4 cm³/mol. The monoisotopic (exact) mass is 266 g/mol. The second kappa shape index (κ2) is 7.08. The van der Waals surface area contributed by atoms with E-state index in [1.165, 1.54) is 45.2 Å². The van der Waals surface area contributed by atoms with Crippen molar-refractivity contribution in [2.24, 2.45) is 17.8 Å². The highest BCUT2D eigenvalue weighted by Gasteiger charge is 2.34. The summed E-state index contributed by atoms with van der Waals surface area (Å²) in [6.07, 6.45) is 6.99. The molecule has 0 spiro atoms. The molecule has 1 saturated carbocycles. The van der Waals surface area contributed by atoms with Crippen molar-refractivity contribution < 1.29 is 0 Å². The fourth-order valence-electron chi connectivity index (χ4n) is 4.19. The molecule has 2 heteroatoms. The van der Waals surface area contributed by atoms with E-state index < -0.39 is 0 Å². The number of rotatable bonds is 4.